The Kier molecular flexibility index (Phi) is 4.48. The van der Waals surface area contributed by atoms with Gasteiger partial charge in [-0.1, -0.05) is 131 Å². The molecule has 0 amide bonds. The summed E-state index contributed by atoms with van der Waals surface area (Å²) in [5.74, 6) is 2.69. The van der Waals surface area contributed by atoms with Gasteiger partial charge < -0.3 is 4.74 Å². The Morgan fingerprint density at radius 1 is 0.400 bits per heavy atom. The molecule has 0 unspecified atom stereocenters. The van der Waals surface area contributed by atoms with Crippen molar-refractivity contribution in [3.8, 4) is 0 Å². The molecule has 0 N–H and O–H groups in total. The normalized spacial score (nSPS) is 34.3. The van der Waals surface area contributed by atoms with Crippen molar-refractivity contribution in [3.05, 3.63) is 186 Å². The van der Waals surface area contributed by atoms with E-state index in [2.05, 4.69) is 109 Å². The Labute approximate surface area is 272 Å². The van der Waals surface area contributed by atoms with Crippen molar-refractivity contribution in [2.24, 2.45) is 23.7 Å². The Bertz CT molecular complexity index is 1960. The van der Waals surface area contributed by atoms with Crippen LogP contribution in [-0.4, -0.2) is 0 Å². The van der Waals surface area contributed by atoms with Crippen LogP contribution in [0, 0.1) is 23.7 Å². The lowest BCUT2D eigenvalue weighted by molar-refractivity contribution is 0.0469. The molecule has 5 aromatic carbocycles. The van der Waals surface area contributed by atoms with Crippen LogP contribution >= 0.6 is 23.2 Å². The van der Waals surface area contributed by atoms with Crippen LogP contribution in [0.1, 0.15) is 91.5 Å². The topological polar surface area (TPSA) is 9.23 Å². The smallest absolute Gasteiger partial charge is 0.0875 e. The predicted molar refractivity (Wildman–Crippen MR) is 177 cm³/mol. The molecule has 1 saturated heterocycles. The second kappa shape index (κ2) is 8.20. The number of rotatable bonds is 0. The number of benzene rings is 5. The summed E-state index contributed by atoms with van der Waals surface area (Å²) in [6, 6.07) is 41.6. The van der Waals surface area contributed by atoms with Crippen LogP contribution in [0.5, 0.6) is 0 Å². The van der Waals surface area contributed by atoms with Gasteiger partial charge in [-0.2, -0.15) is 0 Å². The molecule has 7 aliphatic carbocycles. The molecule has 9 aliphatic rings. The van der Waals surface area contributed by atoms with Gasteiger partial charge in [0.05, 0.1) is 22.3 Å². The largest absolute Gasteiger partial charge is 0.365 e. The van der Waals surface area contributed by atoms with Crippen LogP contribution in [0.3, 0.4) is 0 Å². The molecule has 3 heteroatoms. The Morgan fingerprint density at radius 3 is 1.04 bits per heavy atom. The van der Waals surface area contributed by atoms with Crippen molar-refractivity contribution in [1.29, 1.82) is 0 Å². The highest BCUT2D eigenvalue weighted by molar-refractivity contribution is 6.42. The van der Waals surface area contributed by atoms with Gasteiger partial charge in [-0.15, -0.1) is 0 Å². The van der Waals surface area contributed by atoms with Crippen LogP contribution in [0.25, 0.3) is 0 Å². The Balaban J connectivity index is 1.23. The van der Waals surface area contributed by atoms with Gasteiger partial charge in [-0.25, -0.2) is 0 Å². The fourth-order valence-electron chi connectivity index (χ4n) is 11.9. The first-order valence-electron chi connectivity index (χ1n) is 16.4. The number of hydrogen-bond acceptors (Lipinski definition) is 1. The van der Waals surface area contributed by atoms with Gasteiger partial charge in [0.15, 0.2) is 0 Å². The molecule has 2 heterocycles. The first-order valence-corrected chi connectivity index (χ1v) is 17.2. The van der Waals surface area contributed by atoms with Crippen molar-refractivity contribution in [2.45, 2.75) is 35.9 Å². The summed E-state index contributed by atoms with van der Waals surface area (Å²) >= 11 is 13.4. The molecule has 1 nitrogen and oxygen atoms in total. The minimum Gasteiger partial charge on any atom is -0.365 e. The second-order valence-corrected chi connectivity index (χ2v) is 15.1. The van der Waals surface area contributed by atoms with Crippen LogP contribution in [0.2, 0.25) is 10.0 Å². The quantitative estimate of drug-likeness (QED) is 0.157. The zero-order valence-electron chi connectivity index (χ0n) is 24.3. The van der Waals surface area contributed by atoms with Gasteiger partial charge in [0.25, 0.3) is 0 Å². The monoisotopic (exact) mass is 618 g/mol. The lowest BCUT2D eigenvalue weighted by atomic mass is 9.41. The number of ether oxygens (including phenoxy) is 1. The maximum Gasteiger partial charge on any atom is 0.0875 e. The SMILES string of the molecule is Clc1cc2c(cc1Cl)[C@H]1O[C@H]2[C@H]2[C@H]1[C@H]1C(=C3C4c5ccccc5C(c5ccccc54)[C@@H]32)C2c3ccccc3C1c1ccccc12. The van der Waals surface area contributed by atoms with Crippen LogP contribution in [-0.2, 0) is 4.74 Å². The highest BCUT2D eigenvalue weighted by atomic mass is 35.5. The zero-order chi connectivity index (χ0) is 29.3. The first-order chi connectivity index (χ1) is 22.2. The van der Waals surface area contributed by atoms with Crippen molar-refractivity contribution in [3.63, 3.8) is 0 Å². The molecular formula is C42H28Cl2O. The van der Waals surface area contributed by atoms with Crippen LogP contribution in [0.4, 0.5) is 0 Å². The molecular weight excluding hydrogens is 591 g/mol. The Hall–Kier alpha value is -3.62. The van der Waals surface area contributed by atoms with E-state index in [1.807, 2.05) is 0 Å². The average molecular weight is 620 g/mol. The fourth-order valence-corrected chi connectivity index (χ4v) is 12.2. The van der Waals surface area contributed by atoms with Crippen LogP contribution < -0.4 is 0 Å². The highest BCUT2D eigenvalue weighted by Crippen LogP contribution is 2.77. The summed E-state index contributed by atoms with van der Waals surface area (Å²) in [5, 5.41) is 1.27. The van der Waals surface area contributed by atoms with E-state index in [-0.39, 0.29) is 24.0 Å². The molecule has 6 atom stereocenters. The predicted octanol–water partition coefficient (Wildman–Crippen LogP) is 10.5. The molecule has 14 rings (SSSR count). The van der Waals surface area contributed by atoms with Gasteiger partial charge in [0.2, 0.25) is 0 Å². The molecule has 0 aromatic heterocycles. The van der Waals surface area contributed by atoms with Gasteiger partial charge in [0.1, 0.15) is 0 Å². The van der Waals surface area contributed by atoms with E-state index in [1.165, 1.54) is 55.6 Å². The summed E-state index contributed by atoms with van der Waals surface area (Å²) in [6.07, 6.45) is 0.0480. The van der Waals surface area contributed by atoms with Gasteiger partial charge >= 0.3 is 0 Å². The summed E-state index contributed by atoms with van der Waals surface area (Å²) in [6.45, 7) is 0. The molecule has 1 fully saturated rings. The summed E-state index contributed by atoms with van der Waals surface area (Å²) in [4.78, 5) is 0. The third kappa shape index (κ3) is 2.70. The van der Waals surface area contributed by atoms with Crippen molar-refractivity contribution >= 4 is 23.2 Å². The summed E-state index contributed by atoms with van der Waals surface area (Å²) in [7, 11) is 0. The molecule has 216 valence electrons. The molecule has 45 heavy (non-hydrogen) atoms. The van der Waals surface area contributed by atoms with Crippen molar-refractivity contribution < 1.29 is 4.74 Å². The van der Waals surface area contributed by atoms with Gasteiger partial charge in [-0.05, 0) is 79.6 Å². The maximum atomic E-state index is 7.22. The van der Waals surface area contributed by atoms with E-state index in [1.54, 1.807) is 11.1 Å². The summed E-state index contributed by atoms with van der Waals surface area (Å²) in [5.41, 5.74) is 18.1. The minimum atomic E-state index is 0.0240. The highest BCUT2D eigenvalue weighted by Gasteiger charge is 2.68. The average Bonchev–Trinajstić information content (AvgIpc) is 3.65. The standard InChI is InChI=1S/C42H28Cl2O/c43-29-17-27-28(18-30(29)44)42-40-38-34-25-15-7-3-11-21(25)32(22-12-4-8-16-26(22)34)36(38)35-31-19-9-1-5-13-23(19)33(24-14-6-2-10-20(24)31)37(35)39(40)41(27)45-42/h1-18,31-34,37-42H/t31?,32?,33?,34?,37-,38+,39-,40-,41-,42-/m1/s1. The first kappa shape index (κ1) is 24.6. The number of allylic oxidation sites excluding steroid dienone is 2. The number of fused-ring (bicyclic) bond motifs is 8. The van der Waals surface area contributed by atoms with Gasteiger partial charge in [0, 0.05) is 35.5 Å². The fraction of sp³-hybridized carbons (Fsp3) is 0.238. The van der Waals surface area contributed by atoms with Crippen molar-refractivity contribution in [1.82, 2.24) is 0 Å². The van der Waals surface area contributed by atoms with E-state index < -0.39 is 0 Å². The molecule has 6 bridgehead atoms. The third-order valence-corrected chi connectivity index (χ3v) is 13.7. The van der Waals surface area contributed by atoms with E-state index in [0.29, 0.717) is 45.6 Å². The minimum absolute atomic E-state index is 0.0240. The zero-order valence-corrected chi connectivity index (χ0v) is 25.8. The molecule has 2 aliphatic heterocycles. The molecule has 0 spiro atoms. The van der Waals surface area contributed by atoms with Crippen molar-refractivity contribution in [2.75, 3.05) is 0 Å². The van der Waals surface area contributed by atoms with Crippen LogP contribution in [0.15, 0.2) is 120 Å². The molecule has 0 radical (unpaired) electrons. The van der Waals surface area contributed by atoms with Gasteiger partial charge in [-0.3, -0.25) is 0 Å². The van der Waals surface area contributed by atoms with E-state index in [9.17, 15) is 0 Å². The van der Waals surface area contributed by atoms with E-state index >= 15 is 0 Å². The summed E-state index contributed by atoms with van der Waals surface area (Å²) < 4.78 is 7.22. The number of halogens is 2. The number of hydrogen-bond donors (Lipinski definition) is 0. The second-order valence-electron chi connectivity index (χ2n) is 14.3. The lowest BCUT2D eigenvalue weighted by Crippen LogP contribution is -2.52. The molecule has 0 saturated carbocycles. The maximum absolute atomic E-state index is 7.22. The Morgan fingerprint density at radius 2 is 0.711 bits per heavy atom. The van der Waals surface area contributed by atoms with E-state index in [0.717, 1.165) is 0 Å². The van der Waals surface area contributed by atoms with E-state index in [4.69, 9.17) is 27.9 Å². The molecule has 5 aromatic rings. The third-order valence-electron chi connectivity index (χ3n) is 13.0. The lowest BCUT2D eigenvalue weighted by Gasteiger charge is -2.61.